The van der Waals surface area contributed by atoms with Crippen LogP contribution < -0.4 is 20.7 Å². The highest BCUT2D eigenvalue weighted by Gasteiger charge is 2.31. The van der Waals surface area contributed by atoms with Crippen LogP contribution in [0.5, 0.6) is 5.75 Å². The van der Waals surface area contributed by atoms with Crippen molar-refractivity contribution < 1.29 is 38.5 Å². The highest BCUT2D eigenvalue weighted by Crippen LogP contribution is 2.18. The van der Waals surface area contributed by atoms with E-state index in [1.165, 1.54) is 0 Å². The Morgan fingerprint density at radius 1 is 0.898 bits per heavy atom. The third-order valence-electron chi connectivity index (χ3n) is 7.83. The first-order valence-electron chi connectivity index (χ1n) is 16.4. The summed E-state index contributed by atoms with van der Waals surface area (Å²) >= 11 is 0. The molecule has 1 aliphatic heterocycles. The lowest BCUT2D eigenvalue weighted by molar-refractivity contribution is -0.149. The maximum atomic E-state index is 13.3. The number of hydrogen-bond acceptors (Lipinski definition) is 8. The molecule has 0 unspecified atom stereocenters. The van der Waals surface area contributed by atoms with Crippen LogP contribution in [0.3, 0.4) is 0 Å². The van der Waals surface area contributed by atoms with Crippen molar-refractivity contribution in [1.82, 2.24) is 16.0 Å². The number of nitrogens with one attached hydrogen (secondary N) is 3. The lowest BCUT2D eigenvalue weighted by Gasteiger charge is -2.29. The first-order valence-corrected chi connectivity index (χ1v) is 16.4. The molecule has 1 heterocycles. The molecular weight excluding hydrogens is 626 g/mol. The van der Waals surface area contributed by atoms with Crippen LogP contribution in [0, 0.1) is 5.92 Å². The van der Waals surface area contributed by atoms with E-state index in [-0.39, 0.29) is 50.9 Å². The van der Waals surface area contributed by atoms with Gasteiger partial charge in [-0.1, -0.05) is 84.9 Å². The normalized spacial score (nSPS) is 18.4. The number of amides is 3. The zero-order valence-electron chi connectivity index (χ0n) is 27.9. The van der Waals surface area contributed by atoms with Gasteiger partial charge in [0.2, 0.25) is 11.8 Å². The number of cyclic esters (lactones) is 1. The summed E-state index contributed by atoms with van der Waals surface area (Å²) in [5.74, 6) is -1.43. The molecular formula is C38H45N3O8. The average molecular weight is 672 g/mol. The van der Waals surface area contributed by atoms with E-state index in [0.717, 1.165) is 16.7 Å². The van der Waals surface area contributed by atoms with E-state index in [2.05, 4.69) is 16.0 Å². The Balaban J connectivity index is 1.31. The standard InChI is InChI=1S/C38H45N3O8/c1-38(2)26-49-36(45)33(40-37(46)48-25-29-13-7-4-8-14-29)16-10-9-15-30(35(44)41-38)22-34(43)39-31(23-42)21-27-17-19-32(20-18-27)47-24-28-11-5-3-6-12-28/h3-14,17-20,30-31,33,42H,15-16,21-26H2,1-2H3,(H,39,43)(H,40,46)(H,41,44)/t30-,31+,33-/m1/s1. The predicted molar refractivity (Wildman–Crippen MR) is 183 cm³/mol. The Bertz CT molecular complexity index is 1540. The van der Waals surface area contributed by atoms with E-state index in [1.54, 1.807) is 26.0 Å². The number of carbonyl (C=O) groups excluding carboxylic acids is 4. The van der Waals surface area contributed by atoms with Gasteiger partial charge in [-0.05, 0) is 61.9 Å². The van der Waals surface area contributed by atoms with Crippen LogP contribution in [0.4, 0.5) is 4.79 Å². The number of rotatable bonds is 12. The van der Waals surface area contributed by atoms with E-state index in [4.69, 9.17) is 14.2 Å². The lowest BCUT2D eigenvalue weighted by Crippen LogP contribution is -2.51. The fraction of sp³-hybridized carbons (Fsp3) is 0.368. The van der Waals surface area contributed by atoms with Gasteiger partial charge in [0.15, 0.2) is 0 Å². The molecule has 0 spiro atoms. The Kier molecular flexibility index (Phi) is 13.8. The highest BCUT2D eigenvalue weighted by molar-refractivity contribution is 5.86. The number of benzene rings is 3. The molecule has 1 aliphatic rings. The maximum Gasteiger partial charge on any atom is 0.408 e. The fourth-order valence-corrected chi connectivity index (χ4v) is 5.14. The number of esters is 1. The van der Waals surface area contributed by atoms with E-state index in [1.807, 2.05) is 84.9 Å². The molecule has 0 saturated heterocycles. The molecule has 0 bridgehead atoms. The summed E-state index contributed by atoms with van der Waals surface area (Å²) in [6.07, 6.45) is 3.18. The van der Waals surface area contributed by atoms with Gasteiger partial charge in [-0.15, -0.1) is 0 Å². The number of hydrogen-bond donors (Lipinski definition) is 4. The van der Waals surface area contributed by atoms with Crippen molar-refractivity contribution in [3.63, 3.8) is 0 Å². The van der Waals surface area contributed by atoms with Crippen LogP contribution in [0.25, 0.3) is 0 Å². The van der Waals surface area contributed by atoms with Gasteiger partial charge >= 0.3 is 12.1 Å². The second-order valence-electron chi connectivity index (χ2n) is 12.7. The van der Waals surface area contributed by atoms with Gasteiger partial charge in [0.25, 0.3) is 0 Å². The molecule has 0 aliphatic carbocycles. The van der Waals surface area contributed by atoms with E-state index < -0.39 is 35.6 Å². The van der Waals surface area contributed by atoms with E-state index in [0.29, 0.717) is 18.8 Å². The molecule has 4 rings (SSSR count). The van der Waals surface area contributed by atoms with Crippen LogP contribution in [0.1, 0.15) is 49.8 Å². The molecule has 49 heavy (non-hydrogen) atoms. The van der Waals surface area contributed by atoms with Crippen LogP contribution in [0.15, 0.2) is 97.1 Å². The zero-order valence-corrected chi connectivity index (χ0v) is 27.9. The minimum atomic E-state index is -1.01. The van der Waals surface area contributed by atoms with Crippen molar-refractivity contribution in [2.24, 2.45) is 5.92 Å². The molecule has 0 saturated carbocycles. The largest absolute Gasteiger partial charge is 0.489 e. The molecule has 11 heteroatoms. The summed E-state index contributed by atoms with van der Waals surface area (Å²) < 4.78 is 16.6. The number of alkyl carbamates (subject to hydrolysis) is 1. The topological polar surface area (TPSA) is 152 Å². The Morgan fingerprint density at radius 2 is 1.53 bits per heavy atom. The minimum absolute atomic E-state index is 0.0423. The highest BCUT2D eigenvalue weighted by atomic mass is 16.6. The van der Waals surface area contributed by atoms with Crippen molar-refractivity contribution in [2.45, 2.75) is 70.4 Å². The monoisotopic (exact) mass is 671 g/mol. The number of allylic oxidation sites excluding steroid dienone is 1. The summed E-state index contributed by atoms with van der Waals surface area (Å²) in [5.41, 5.74) is 1.82. The SMILES string of the molecule is CC1(C)COC(=O)[C@H](NC(=O)OCc2ccccc2)CC=CC[C@H](CC(=O)N[C@H](CO)Cc2ccc(OCc3ccccc3)cc2)C(=O)N1. The van der Waals surface area contributed by atoms with Crippen LogP contribution >= 0.6 is 0 Å². The Labute approximate surface area is 287 Å². The molecule has 3 amide bonds. The quantitative estimate of drug-likeness (QED) is 0.164. The molecule has 0 fully saturated rings. The molecule has 0 aromatic heterocycles. The first-order chi connectivity index (χ1) is 23.6. The Hall–Kier alpha value is -5.16. The average Bonchev–Trinajstić information content (AvgIpc) is 3.10. The van der Waals surface area contributed by atoms with Crippen molar-refractivity contribution in [3.05, 3.63) is 114 Å². The van der Waals surface area contributed by atoms with Crippen LogP contribution in [-0.4, -0.2) is 59.8 Å². The minimum Gasteiger partial charge on any atom is -0.489 e. The molecule has 0 radical (unpaired) electrons. The smallest absolute Gasteiger partial charge is 0.408 e. The van der Waals surface area contributed by atoms with Gasteiger partial charge in [0, 0.05) is 6.42 Å². The number of aliphatic hydroxyl groups excluding tert-OH is 1. The van der Waals surface area contributed by atoms with Gasteiger partial charge in [-0.25, -0.2) is 9.59 Å². The predicted octanol–water partition coefficient (Wildman–Crippen LogP) is 4.37. The third-order valence-corrected chi connectivity index (χ3v) is 7.83. The fourth-order valence-electron chi connectivity index (χ4n) is 5.14. The first kappa shape index (κ1) is 36.7. The second kappa shape index (κ2) is 18.4. The van der Waals surface area contributed by atoms with Gasteiger partial charge < -0.3 is 35.3 Å². The zero-order chi connectivity index (χ0) is 35.1. The molecule has 260 valence electrons. The molecule has 3 atom stereocenters. The Morgan fingerprint density at radius 3 is 2.18 bits per heavy atom. The van der Waals surface area contributed by atoms with Gasteiger partial charge in [-0.2, -0.15) is 0 Å². The van der Waals surface area contributed by atoms with Crippen LogP contribution in [-0.2, 0) is 43.5 Å². The van der Waals surface area contributed by atoms with Gasteiger partial charge in [-0.3, -0.25) is 9.59 Å². The van der Waals surface area contributed by atoms with Gasteiger partial charge in [0.05, 0.1) is 24.1 Å². The molecule has 3 aromatic carbocycles. The van der Waals surface area contributed by atoms with Gasteiger partial charge in [0.1, 0.15) is 31.6 Å². The number of carbonyl (C=O) groups is 4. The van der Waals surface area contributed by atoms with Crippen molar-refractivity contribution in [3.8, 4) is 5.75 Å². The second-order valence-corrected chi connectivity index (χ2v) is 12.7. The number of ether oxygens (including phenoxy) is 3. The van der Waals surface area contributed by atoms with Crippen molar-refractivity contribution >= 4 is 23.9 Å². The summed E-state index contributed by atoms with van der Waals surface area (Å²) in [4.78, 5) is 51.8. The third kappa shape index (κ3) is 12.8. The van der Waals surface area contributed by atoms with E-state index >= 15 is 0 Å². The number of aliphatic hydroxyl groups is 1. The summed E-state index contributed by atoms with van der Waals surface area (Å²) in [7, 11) is 0. The molecule has 3 aromatic rings. The van der Waals surface area contributed by atoms with Crippen molar-refractivity contribution in [2.75, 3.05) is 13.2 Å². The lowest BCUT2D eigenvalue weighted by atomic mass is 9.96. The summed E-state index contributed by atoms with van der Waals surface area (Å²) in [5, 5.41) is 18.3. The summed E-state index contributed by atoms with van der Waals surface area (Å²) in [6.45, 7) is 3.46. The van der Waals surface area contributed by atoms with Crippen LogP contribution in [0.2, 0.25) is 0 Å². The molecule has 11 nitrogen and oxygen atoms in total. The van der Waals surface area contributed by atoms with Crippen molar-refractivity contribution in [1.29, 1.82) is 0 Å². The molecule has 4 N–H and O–H groups in total. The maximum absolute atomic E-state index is 13.3. The summed E-state index contributed by atoms with van der Waals surface area (Å²) in [6, 6.07) is 24.9. The van der Waals surface area contributed by atoms with E-state index in [9.17, 15) is 24.3 Å².